The van der Waals surface area contributed by atoms with Crippen molar-refractivity contribution in [2.24, 2.45) is 0 Å². The van der Waals surface area contributed by atoms with Crippen molar-refractivity contribution in [1.29, 1.82) is 0 Å². The van der Waals surface area contributed by atoms with Crippen molar-refractivity contribution in [3.63, 3.8) is 0 Å². The minimum absolute atomic E-state index is 0.107. The number of alkyl halides is 3. The van der Waals surface area contributed by atoms with E-state index in [4.69, 9.17) is 0 Å². The molecular formula is C24H20F3N5O. The maximum Gasteiger partial charge on any atom is 0.433 e. The van der Waals surface area contributed by atoms with E-state index in [1.807, 2.05) is 31.2 Å². The van der Waals surface area contributed by atoms with Crippen LogP contribution in [-0.2, 0) is 12.6 Å². The molecule has 4 aromatic rings. The Balaban J connectivity index is 1.52. The number of nitrogens with zero attached hydrogens (tertiary/aromatic N) is 4. The Bertz CT molecular complexity index is 1340. The number of amides is 1. The van der Waals surface area contributed by atoms with E-state index in [9.17, 15) is 18.0 Å². The number of aromatic nitrogens is 4. The smallest absolute Gasteiger partial charge is 0.342 e. The predicted molar refractivity (Wildman–Crippen MR) is 116 cm³/mol. The van der Waals surface area contributed by atoms with Gasteiger partial charge in [-0.05, 0) is 43.4 Å². The van der Waals surface area contributed by atoms with Crippen molar-refractivity contribution in [3.8, 4) is 11.3 Å². The van der Waals surface area contributed by atoms with Crippen LogP contribution in [0.15, 0.2) is 54.6 Å². The third-order valence-electron chi connectivity index (χ3n) is 5.83. The van der Waals surface area contributed by atoms with E-state index >= 15 is 0 Å². The lowest BCUT2D eigenvalue weighted by Crippen LogP contribution is -2.31. The first kappa shape index (κ1) is 21.1. The van der Waals surface area contributed by atoms with Crippen molar-refractivity contribution >= 4 is 11.7 Å². The molecule has 168 valence electrons. The molecule has 5 rings (SSSR count). The lowest BCUT2D eigenvalue weighted by molar-refractivity contribution is -0.142. The Morgan fingerprint density at radius 2 is 1.85 bits per heavy atom. The van der Waals surface area contributed by atoms with Gasteiger partial charge in [0.25, 0.3) is 11.7 Å². The van der Waals surface area contributed by atoms with E-state index in [1.165, 1.54) is 0 Å². The number of benzene rings is 2. The average Bonchev–Trinajstić information content (AvgIpc) is 3.23. The second kappa shape index (κ2) is 7.99. The van der Waals surface area contributed by atoms with Gasteiger partial charge in [-0.15, -0.1) is 5.10 Å². The van der Waals surface area contributed by atoms with Crippen molar-refractivity contribution in [2.75, 3.05) is 0 Å². The van der Waals surface area contributed by atoms with Crippen molar-refractivity contribution in [2.45, 2.75) is 38.4 Å². The van der Waals surface area contributed by atoms with E-state index < -0.39 is 17.8 Å². The molecule has 1 aliphatic carbocycles. The van der Waals surface area contributed by atoms with Crippen LogP contribution in [0.4, 0.5) is 13.2 Å². The molecule has 0 saturated carbocycles. The molecule has 0 spiro atoms. The zero-order valence-electron chi connectivity index (χ0n) is 17.7. The standard InChI is InChI=1S/C24H20F3N5O/c1-14-9-11-16(12-10-14)19-13-20(24(25,26)27)32-23(29-19)30-21(31-32)22(33)28-18-8-4-6-15-5-2-3-7-17(15)18/h2-3,5,7,9-13,18H,4,6,8H2,1H3,(H,28,33)/t18-/m0/s1. The van der Waals surface area contributed by atoms with Crippen LogP contribution in [0.3, 0.4) is 0 Å². The molecule has 0 radical (unpaired) electrons. The van der Waals surface area contributed by atoms with Crippen LogP contribution in [-0.4, -0.2) is 25.5 Å². The van der Waals surface area contributed by atoms with Gasteiger partial charge in [0.2, 0.25) is 5.82 Å². The molecule has 1 amide bonds. The summed E-state index contributed by atoms with van der Waals surface area (Å²) in [6.07, 6.45) is -2.14. The number of hydrogen-bond acceptors (Lipinski definition) is 4. The molecule has 2 aromatic heterocycles. The normalized spacial score (nSPS) is 15.9. The first-order chi connectivity index (χ1) is 15.8. The van der Waals surface area contributed by atoms with Crippen LogP contribution in [0.5, 0.6) is 0 Å². The monoisotopic (exact) mass is 451 g/mol. The number of nitrogens with one attached hydrogen (secondary N) is 1. The highest BCUT2D eigenvalue weighted by Gasteiger charge is 2.36. The zero-order chi connectivity index (χ0) is 23.2. The average molecular weight is 451 g/mol. The number of hydrogen-bond donors (Lipinski definition) is 1. The molecule has 1 atom stereocenters. The Labute approximate surface area is 187 Å². The summed E-state index contributed by atoms with van der Waals surface area (Å²) in [7, 11) is 0. The van der Waals surface area contributed by atoms with Gasteiger partial charge < -0.3 is 5.32 Å². The number of fused-ring (bicyclic) bond motifs is 2. The molecule has 0 unspecified atom stereocenters. The van der Waals surface area contributed by atoms with Gasteiger partial charge in [-0.25, -0.2) is 4.98 Å². The van der Waals surface area contributed by atoms with Gasteiger partial charge in [0, 0.05) is 5.56 Å². The van der Waals surface area contributed by atoms with Crippen LogP contribution < -0.4 is 5.32 Å². The third-order valence-corrected chi connectivity index (χ3v) is 5.83. The van der Waals surface area contributed by atoms with Crippen molar-refractivity contribution < 1.29 is 18.0 Å². The first-order valence-corrected chi connectivity index (χ1v) is 10.6. The minimum Gasteiger partial charge on any atom is -0.342 e. The molecule has 0 fully saturated rings. The molecule has 1 aliphatic rings. The molecule has 1 N–H and O–H groups in total. The highest BCUT2D eigenvalue weighted by molar-refractivity contribution is 5.91. The fraction of sp³-hybridized carbons (Fsp3) is 0.250. The van der Waals surface area contributed by atoms with E-state index in [-0.39, 0.29) is 23.3 Å². The quantitative estimate of drug-likeness (QED) is 0.480. The molecule has 33 heavy (non-hydrogen) atoms. The summed E-state index contributed by atoms with van der Waals surface area (Å²) in [5, 5.41) is 6.74. The minimum atomic E-state index is -4.70. The summed E-state index contributed by atoms with van der Waals surface area (Å²) in [6, 6.07) is 15.5. The summed E-state index contributed by atoms with van der Waals surface area (Å²) in [6.45, 7) is 1.88. The zero-order valence-corrected chi connectivity index (χ0v) is 17.7. The summed E-state index contributed by atoms with van der Waals surface area (Å²) in [5.74, 6) is -1.26. The van der Waals surface area contributed by atoms with Crippen molar-refractivity contribution in [3.05, 3.63) is 82.8 Å². The molecular weight excluding hydrogens is 431 g/mol. The summed E-state index contributed by atoms with van der Waals surface area (Å²) in [4.78, 5) is 21.2. The number of carbonyl (C=O) groups is 1. The Morgan fingerprint density at radius 3 is 2.61 bits per heavy atom. The molecule has 0 saturated heterocycles. The molecule has 9 heteroatoms. The van der Waals surface area contributed by atoms with Gasteiger partial charge in [-0.1, -0.05) is 54.1 Å². The van der Waals surface area contributed by atoms with Crippen LogP contribution in [0.25, 0.3) is 17.0 Å². The second-order valence-electron chi connectivity index (χ2n) is 8.15. The summed E-state index contributed by atoms with van der Waals surface area (Å²) in [5.41, 5.74) is 2.72. The van der Waals surface area contributed by atoms with Gasteiger partial charge in [0.05, 0.1) is 11.7 Å². The Hall–Kier alpha value is -3.75. The van der Waals surface area contributed by atoms with Crippen molar-refractivity contribution in [1.82, 2.24) is 24.9 Å². The number of halogens is 3. The van der Waals surface area contributed by atoms with E-state index in [0.717, 1.165) is 42.0 Å². The predicted octanol–water partition coefficient (Wildman–Crippen LogP) is 4.93. The van der Waals surface area contributed by atoms with E-state index in [1.54, 1.807) is 24.3 Å². The molecule has 0 aliphatic heterocycles. The molecule has 6 nitrogen and oxygen atoms in total. The van der Waals surface area contributed by atoms with Crippen LogP contribution in [0.2, 0.25) is 0 Å². The maximum absolute atomic E-state index is 13.8. The van der Waals surface area contributed by atoms with Gasteiger partial charge in [-0.3, -0.25) is 4.79 Å². The molecule has 2 heterocycles. The maximum atomic E-state index is 13.8. The topological polar surface area (TPSA) is 72.2 Å². The Morgan fingerprint density at radius 1 is 1.09 bits per heavy atom. The molecule has 0 bridgehead atoms. The van der Waals surface area contributed by atoms with Gasteiger partial charge in [-0.2, -0.15) is 22.7 Å². The number of rotatable bonds is 3. The third kappa shape index (κ3) is 4.06. The van der Waals surface area contributed by atoms with E-state index in [0.29, 0.717) is 10.1 Å². The first-order valence-electron chi connectivity index (χ1n) is 10.6. The van der Waals surface area contributed by atoms with Gasteiger partial charge in [0.15, 0.2) is 5.69 Å². The highest BCUT2D eigenvalue weighted by Crippen LogP contribution is 2.32. The summed E-state index contributed by atoms with van der Waals surface area (Å²) < 4.78 is 42.0. The van der Waals surface area contributed by atoms with Gasteiger partial charge in [0.1, 0.15) is 0 Å². The van der Waals surface area contributed by atoms with Crippen LogP contribution >= 0.6 is 0 Å². The fourth-order valence-electron chi connectivity index (χ4n) is 4.17. The lowest BCUT2D eigenvalue weighted by Gasteiger charge is -2.25. The summed E-state index contributed by atoms with van der Waals surface area (Å²) >= 11 is 0. The van der Waals surface area contributed by atoms with E-state index in [2.05, 4.69) is 20.4 Å². The largest absolute Gasteiger partial charge is 0.433 e. The number of carbonyl (C=O) groups excluding carboxylic acids is 1. The Kier molecular flexibility index (Phi) is 5.11. The second-order valence-corrected chi connectivity index (χ2v) is 8.15. The molecule has 2 aromatic carbocycles. The van der Waals surface area contributed by atoms with Crippen LogP contribution in [0, 0.1) is 6.92 Å². The number of aryl methyl sites for hydroxylation is 2. The fourth-order valence-corrected chi connectivity index (χ4v) is 4.17. The van der Waals surface area contributed by atoms with Crippen LogP contribution in [0.1, 0.15) is 51.9 Å². The lowest BCUT2D eigenvalue weighted by atomic mass is 9.88. The highest BCUT2D eigenvalue weighted by atomic mass is 19.4. The van der Waals surface area contributed by atoms with Gasteiger partial charge >= 0.3 is 6.18 Å². The SMILES string of the molecule is Cc1ccc(-c2cc(C(F)(F)F)n3nc(C(=O)N[C@H]4CCCc5ccccc54)nc3n2)cc1.